The largest absolute Gasteiger partial charge is 0.245 e. The molecule has 0 saturated heterocycles. The molecule has 6 heterocycles. The Balaban J connectivity index is 1.57. The minimum absolute atomic E-state index is 0.899. The molecule has 6 heteroatoms. The molecule has 0 aromatic carbocycles. The van der Waals surface area contributed by atoms with Gasteiger partial charge < -0.3 is 0 Å². The molecule has 32 heavy (non-hydrogen) atoms. The monoisotopic (exact) mass is 484 g/mol. The van der Waals surface area contributed by atoms with Gasteiger partial charge in [-0.1, -0.05) is 24.3 Å². The zero-order chi connectivity index (χ0) is 21.3. The van der Waals surface area contributed by atoms with Crippen molar-refractivity contribution in [1.82, 2.24) is 9.97 Å². The first-order valence-electron chi connectivity index (χ1n) is 10.0. The van der Waals surface area contributed by atoms with Crippen LogP contribution in [0.1, 0.15) is 0 Å². The third-order valence-corrected chi connectivity index (χ3v) is 8.69. The first-order valence-corrected chi connectivity index (χ1v) is 13.6. The highest BCUT2D eigenvalue weighted by atomic mass is 32.1. The lowest BCUT2D eigenvalue weighted by atomic mass is 10.1. The van der Waals surface area contributed by atoms with Crippen molar-refractivity contribution < 1.29 is 0 Å². The maximum Gasteiger partial charge on any atom is 0.0901 e. The van der Waals surface area contributed by atoms with Crippen molar-refractivity contribution in [2.45, 2.75) is 0 Å². The Morgan fingerprint density at radius 3 is 1.09 bits per heavy atom. The molecule has 0 atom stereocenters. The maximum absolute atomic E-state index is 5.06. The number of aromatic nitrogens is 2. The Labute approximate surface area is 202 Å². The van der Waals surface area contributed by atoms with Gasteiger partial charge in [-0.2, -0.15) is 0 Å². The second kappa shape index (κ2) is 8.56. The van der Waals surface area contributed by atoms with Crippen LogP contribution in [-0.4, -0.2) is 9.97 Å². The fourth-order valence-corrected chi connectivity index (χ4v) is 6.40. The molecule has 0 fully saturated rings. The predicted molar refractivity (Wildman–Crippen MR) is 141 cm³/mol. The van der Waals surface area contributed by atoms with Crippen molar-refractivity contribution in [3.05, 3.63) is 94.3 Å². The summed E-state index contributed by atoms with van der Waals surface area (Å²) >= 11 is 6.92. The minimum Gasteiger partial charge on any atom is -0.245 e. The summed E-state index contributed by atoms with van der Waals surface area (Å²) in [6.45, 7) is 0. The van der Waals surface area contributed by atoms with Crippen molar-refractivity contribution in [2.24, 2.45) is 0 Å². The average molecular weight is 485 g/mol. The van der Waals surface area contributed by atoms with E-state index in [0.717, 1.165) is 32.5 Å². The Bertz CT molecular complexity index is 1230. The van der Waals surface area contributed by atoms with E-state index in [2.05, 4.69) is 94.3 Å². The number of rotatable bonds is 5. The van der Waals surface area contributed by atoms with Gasteiger partial charge >= 0.3 is 0 Å². The highest BCUT2D eigenvalue weighted by molar-refractivity contribution is 7.14. The molecule has 0 spiro atoms. The summed E-state index contributed by atoms with van der Waals surface area (Å²) in [4.78, 5) is 14.9. The number of pyridine rings is 2. The third kappa shape index (κ3) is 3.87. The SMILES string of the molecule is c1csc(-c2cc(-c3cc(-c4cccs4)cc(-c4cccs4)n3)nc(-c3cccs3)c2)c1. The third-order valence-electron chi connectivity index (χ3n) is 5.07. The van der Waals surface area contributed by atoms with Gasteiger partial charge in [-0.3, -0.25) is 0 Å². The van der Waals surface area contributed by atoms with Crippen molar-refractivity contribution >= 4 is 45.3 Å². The van der Waals surface area contributed by atoms with Gasteiger partial charge in [0.1, 0.15) is 0 Å². The van der Waals surface area contributed by atoms with Gasteiger partial charge in [0.2, 0.25) is 0 Å². The Morgan fingerprint density at radius 2 is 0.750 bits per heavy atom. The molecule has 2 nitrogen and oxygen atoms in total. The van der Waals surface area contributed by atoms with Crippen LogP contribution >= 0.6 is 45.3 Å². The smallest absolute Gasteiger partial charge is 0.0901 e. The Kier molecular flexibility index (Phi) is 5.29. The van der Waals surface area contributed by atoms with Gasteiger partial charge in [0.15, 0.2) is 0 Å². The molecule has 154 valence electrons. The van der Waals surface area contributed by atoms with Crippen LogP contribution in [0.3, 0.4) is 0 Å². The van der Waals surface area contributed by atoms with E-state index in [0.29, 0.717) is 0 Å². The first kappa shape index (κ1) is 19.8. The highest BCUT2D eigenvalue weighted by Gasteiger charge is 2.14. The van der Waals surface area contributed by atoms with Gasteiger partial charge in [-0.15, -0.1) is 45.3 Å². The van der Waals surface area contributed by atoms with E-state index in [9.17, 15) is 0 Å². The molecule has 6 aromatic rings. The van der Waals surface area contributed by atoms with Gasteiger partial charge in [0.25, 0.3) is 0 Å². The van der Waals surface area contributed by atoms with Crippen LogP contribution in [0.4, 0.5) is 0 Å². The summed E-state index contributed by atoms with van der Waals surface area (Å²) in [6, 6.07) is 25.6. The van der Waals surface area contributed by atoms with E-state index in [-0.39, 0.29) is 0 Å². The molecule has 0 saturated carbocycles. The topological polar surface area (TPSA) is 25.8 Å². The van der Waals surface area contributed by atoms with Crippen molar-refractivity contribution in [2.75, 3.05) is 0 Å². The summed E-state index contributed by atoms with van der Waals surface area (Å²) in [5.41, 5.74) is 6.12. The molecule has 6 rings (SSSR count). The first-order chi connectivity index (χ1) is 15.8. The van der Waals surface area contributed by atoms with Crippen LogP contribution in [-0.2, 0) is 0 Å². The van der Waals surface area contributed by atoms with Crippen LogP contribution in [0.15, 0.2) is 94.3 Å². The van der Waals surface area contributed by atoms with E-state index >= 15 is 0 Å². The number of thiophene rings is 4. The molecule has 0 bridgehead atoms. The Morgan fingerprint density at radius 1 is 0.406 bits per heavy atom. The molecule has 0 aliphatic rings. The quantitative estimate of drug-likeness (QED) is 0.244. The highest BCUT2D eigenvalue weighted by Crippen LogP contribution is 2.37. The van der Waals surface area contributed by atoms with E-state index in [1.54, 1.807) is 45.3 Å². The lowest BCUT2D eigenvalue weighted by Crippen LogP contribution is -1.94. The van der Waals surface area contributed by atoms with E-state index in [1.807, 2.05) is 0 Å². The molecular formula is C26H16N2S4. The Hall–Kier alpha value is -2.90. The summed E-state index contributed by atoms with van der Waals surface area (Å²) in [5.74, 6) is 0. The number of hydrogen-bond donors (Lipinski definition) is 0. The summed E-state index contributed by atoms with van der Waals surface area (Å²) < 4.78 is 0. The van der Waals surface area contributed by atoms with E-state index in [4.69, 9.17) is 9.97 Å². The van der Waals surface area contributed by atoms with E-state index < -0.39 is 0 Å². The van der Waals surface area contributed by atoms with Crippen LogP contribution < -0.4 is 0 Å². The number of hydrogen-bond acceptors (Lipinski definition) is 6. The van der Waals surface area contributed by atoms with Gasteiger partial charge in [-0.05, 0) is 81.2 Å². The summed E-state index contributed by atoms with van der Waals surface area (Å²) in [6.07, 6.45) is 0. The lowest BCUT2D eigenvalue weighted by molar-refractivity contribution is 1.26. The van der Waals surface area contributed by atoms with Gasteiger partial charge in [-0.25, -0.2) is 9.97 Å². The molecule has 0 amide bonds. The van der Waals surface area contributed by atoms with Crippen LogP contribution in [0, 0.1) is 0 Å². The lowest BCUT2D eigenvalue weighted by Gasteiger charge is -2.10. The maximum atomic E-state index is 5.06. The van der Waals surface area contributed by atoms with Crippen molar-refractivity contribution in [3.8, 4) is 53.4 Å². The second-order valence-electron chi connectivity index (χ2n) is 7.16. The molecule has 0 aliphatic heterocycles. The van der Waals surface area contributed by atoms with Crippen LogP contribution in [0.25, 0.3) is 53.4 Å². The van der Waals surface area contributed by atoms with Crippen LogP contribution in [0.5, 0.6) is 0 Å². The summed E-state index contributed by atoms with van der Waals surface area (Å²) in [5, 5.41) is 8.42. The molecule has 0 aliphatic carbocycles. The molecule has 0 N–H and O–H groups in total. The molecular weight excluding hydrogens is 469 g/mol. The van der Waals surface area contributed by atoms with Gasteiger partial charge in [0, 0.05) is 9.75 Å². The van der Waals surface area contributed by atoms with Crippen molar-refractivity contribution in [3.63, 3.8) is 0 Å². The van der Waals surface area contributed by atoms with Gasteiger partial charge in [0.05, 0.1) is 32.5 Å². The summed E-state index contributed by atoms with van der Waals surface area (Å²) in [7, 11) is 0. The number of nitrogens with zero attached hydrogens (tertiary/aromatic N) is 2. The standard InChI is InChI=1S/C26H16N2S4/c1-5-23(29-9-1)17-13-19(27-21(15-17)25-7-3-11-31-25)20-14-18(24-6-2-10-30-24)16-22(28-20)26-8-4-12-32-26/h1-16H. The fourth-order valence-electron chi connectivity index (χ4n) is 3.59. The minimum atomic E-state index is 0.899. The van der Waals surface area contributed by atoms with Crippen LogP contribution in [0.2, 0.25) is 0 Å². The molecule has 0 unspecified atom stereocenters. The van der Waals surface area contributed by atoms with Crippen molar-refractivity contribution in [1.29, 1.82) is 0 Å². The zero-order valence-corrected chi connectivity index (χ0v) is 20.0. The predicted octanol–water partition coefficient (Wildman–Crippen LogP) is 9.06. The fraction of sp³-hybridized carbons (Fsp3) is 0. The average Bonchev–Trinajstić information content (AvgIpc) is 3.67. The normalized spacial score (nSPS) is 11.1. The second-order valence-corrected chi connectivity index (χ2v) is 11.0. The zero-order valence-electron chi connectivity index (χ0n) is 16.8. The molecule has 6 aromatic heterocycles. The molecule has 0 radical (unpaired) electrons. The van der Waals surface area contributed by atoms with E-state index in [1.165, 1.54) is 20.9 Å².